The van der Waals surface area contributed by atoms with Crippen LogP contribution >= 0.6 is 0 Å². The molecule has 2 atom stereocenters. The summed E-state index contributed by atoms with van der Waals surface area (Å²) in [5.74, 6) is -3.03. The van der Waals surface area contributed by atoms with Crippen LogP contribution in [0.3, 0.4) is 0 Å². The summed E-state index contributed by atoms with van der Waals surface area (Å²) in [5.41, 5.74) is 0. The minimum absolute atomic E-state index is 0.0241. The van der Waals surface area contributed by atoms with Crippen LogP contribution in [0.15, 0.2) is 42.3 Å². The van der Waals surface area contributed by atoms with E-state index in [0.717, 1.165) is 31.1 Å². The minimum Gasteiger partial charge on any atom is -0.453 e. The van der Waals surface area contributed by atoms with Crippen LogP contribution in [0.25, 0.3) is 0 Å². The summed E-state index contributed by atoms with van der Waals surface area (Å²) in [6.45, 7) is 0.595. The van der Waals surface area contributed by atoms with Gasteiger partial charge in [-0.1, -0.05) is 6.07 Å². The third kappa shape index (κ3) is 6.25. The highest BCUT2D eigenvalue weighted by Crippen LogP contribution is 2.29. The summed E-state index contributed by atoms with van der Waals surface area (Å²) >= 11 is 0. The molecule has 0 bridgehead atoms. The van der Waals surface area contributed by atoms with Crippen LogP contribution in [0.1, 0.15) is 19.3 Å². The fourth-order valence-electron chi connectivity index (χ4n) is 4.24. The molecule has 0 saturated carbocycles. The molecule has 0 radical (unpaired) electrons. The summed E-state index contributed by atoms with van der Waals surface area (Å²) in [6.07, 6.45) is 3.49. The molecular weight excluding hydrogens is 478 g/mol. The van der Waals surface area contributed by atoms with E-state index in [4.69, 9.17) is 14.6 Å². The highest BCUT2D eigenvalue weighted by molar-refractivity contribution is 5.99. The van der Waals surface area contributed by atoms with Gasteiger partial charge in [-0.3, -0.25) is 14.3 Å². The van der Waals surface area contributed by atoms with Crippen molar-refractivity contribution in [3.05, 3.63) is 53.9 Å². The van der Waals surface area contributed by atoms with Gasteiger partial charge in [0.25, 0.3) is 5.91 Å². The number of benzene rings is 1. The molecule has 0 spiro atoms. The van der Waals surface area contributed by atoms with E-state index in [1.165, 1.54) is 21.7 Å². The van der Waals surface area contributed by atoms with E-state index in [0.29, 0.717) is 19.6 Å². The maximum atomic E-state index is 14.0. The maximum absolute atomic E-state index is 14.0. The summed E-state index contributed by atoms with van der Waals surface area (Å²) in [6, 6.07) is 3.95. The third-order valence-corrected chi connectivity index (χ3v) is 6.12. The van der Waals surface area contributed by atoms with Gasteiger partial charge in [0, 0.05) is 31.6 Å². The lowest BCUT2D eigenvalue weighted by Gasteiger charge is -2.31. The lowest BCUT2D eigenvalue weighted by molar-refractivity contribution is -0.134. The van der Waals surface area contributed by atoms with Gasteiger partial charge in [0.2, 0.25) is 5.91 Å². The summed E-state index contributed by atoms with van der Waals surface area (Å²) < 4.78 is 40.2. The number of carbonyl (C=O) groups excluding carboxylic acids is 2. The Morgan fingerprint density at radius 1 is 1.25 bits per heavy atom. The molecule has 0 aliphatic carbocycles. The van der Waals surface area contributed by atoms with Crippen molar-refractivity contribution in [3.8, 4) is 5.75 Å². The fourth-order valence-corrected chi connectivity index (χ4v) is 4.24. The number of aliphatic hydroxyl groups excluding tert-OH is 2. The Balaban J connectivity index is 1.48. The lowest BCUT2D eigenvalue weighted by Crippen LogP contribution is -2.47. The Bertz CT molecular complexity index is 1100. The lowest BCUT2D eigenvalue weighted by atomic mass is 9.91. The molecule has 1 aromatic carbocycles. The van der Waals surface area contributed by atoms with Crippen LogP contribution in [0.4, 0.5) is 14.6 Å². The molecule has 2 aliphatic rings. The van der Waals surface area contributed by atoms with Crippen LogP contribution in [-0.2, 0) is 20.9 Å². The number of para-hydroxylation sites is 1. The average molecular weight is 507 g/mol. The van der Waals surface area contributed by atoms with Gasteiger partial charge in [-0.25, -0.2) is 8.78 Å². The first kappa shape index (κ1) is 25.7. The number of aromatic nitrogens is 2. The first-order chi connectivity index (χ1) is 17.3. The van der Waals surface area contributed by atoms with Gasteiger partial charge in [0.05, 0.1) is 25.8 Å². The standard InChI is InChI=1S/C24H28F2N4O6/c25-18-2-1-3-19(26)23(18)36-17-11-22(33)30(13-17)20(10-15-5-8-35-9-6-15)24(34)27-21-4-7-29(28-21)12-16(32)14-31/h1-4,7,11,15-16,20,31-32H,5-6,8-10,12-14H2,(H,27,28,34). The number of hydrogen-bond acceptors (Lipinski definition) is 7. The maximum Gasteiger partial charge on any atom is 0.251 e. The topological polar surface area (TPSA) is 126 Å². The van der Waals surface area contributed by atoms with Crippen molar-refractivity contribution >= 4 is 17.6 Å². The minimum atomic E-state index is -0.999. The SMILES string of the molecule is O=C(Nc1ccn(CC(O)CO)n1)C(CC1CCOCC1)N1CC(Oc2c(F)cccc2F)=CC1=O. The zero-order chi connectivity index (χ0) is 25.7. The van der Waals surface area contributed by atoms with Crippen molar-refractivity contribution in [2.45, 2.75) is 38.0 Å². The van der Waals surface area contributed by atoms with E-state index in [1.807, 2.05) is 0 Å². The molecule has 12 heteroatoms. The van der Waals surface area contributed by atoms with E-state index in [1.54, 1.807) is 6.20 Å². The van der Waals surface area contributed by atoms with E-state index in [2.05, 4.69) is 10.4 Å². The fraction of sp³-hybridized carbons (Fsp3) is 0.458. The van der Waals surface area contributed by atoms with Gasteiger partial charge in [0.1, 0.15) is 11.8 Å². The van der Waals surface area contributed by atoms with Crippen molar-refractivity contribution in [1.82, 2.24) is 14.7 Å². The zero-order valence-electron chi connectivity index (χ0n) is 19.5. The number of ether oxygens (including phenoxy) is 2. The summed E-state index contributed by atoms with van der Waals surface area (Å²) in [5, 5.41) is 25.5. The Kier molecular flexibility index (Phi) is 8.28. The van der Waals surface area contributed by atoms with Crippen molar-refractivity contribution in [3.63, 3.8) is 0 Å². The smallest absolute Gasteiger partial charge is 0.251 e. The second-order valence-electron chi connectivity index (χ2n) is 8.79. The van der Waals surface area contributed by atoms with Crippen LogP contribution in [0, 0.1) is 17.6 Å². The first-order valence-electron chi connectivity index (χ1n) is 11.7. The van der Waals surface area contributed by atoms with Gasteiger partial charge in [-0.15, -0.1) is 0 Å². The first-order valence-corrected chi connectivity index (χ1v) is 11.7. The van der Waals surface area contributed by atoms with E-state index in [-0.39, 0.29) is 30.6 Å². The molecule has 2 aliphatic heterocycles. The number of aliphatic hydroxyl groups is 2. The van der Waals surface area contributed by atoms with E-state index < -0.39 is 48.0 Å². The van der Waals surface area contributed by atoms with Crippen LogP contribution in [0.5, 0.6) is 5.75 Å². The van der Waals surface area contributed by atoms with Crippen molar-refractivity contribution in [2.75, 3.05) is 31.7 Å². The molecule has 1 saturated heterocycles. The molecule has 2 amide bonds. The van der Waals surface area contributed by atoms with Crippen LogP contribution < -0.4 is 10.1 Å². The molecule has 10 nitrogen and oxygen atoms in total. The van der Waals surface area contributed by atoms with Crippen LogP contribution in [-0.4, -0.2) is 75.2 Å². The van der Waals surface area contributed by atoms with Crippen molar-refractivity contribution in [1.29, 1.82) is 0 Å². The molecule has 2 aromatic rings. The van der Waals surface area contributed by atoms with Crippen molar-refractivity contribution < 1.29 is 38.1 Å². The van der Waals surface area contributed by atoms with Gasteiger partial charge in [-0.05, 0) is 37.3 Å². The third-order valence-electron chi connectivity index (χ3n) is 6.12. The second kappa shape index (κ2) is 11.6. The summed E-state index contributed by atoms with van der Waals surface area (Å²) in [4.78, 5) is 27.5. The Labute approximate surface area is 206 Å². The van der Waals surface area contributed by atoms with Crippen LogP contribution in [0.2, 0.25) is 0 Å². The molecule has 3 heterocycles. The zero-order valence-corrected chi connectivity index (χ0v) is 19.5. The highest BCUT2D eigenvalue weighted by atomic mass is 19.1. The number of amides is 2. The van der Waals surface area contributed by atoms with Gasteiger partial charge < -0.3 is 29.9 Å². The highest BCUT2D eigenvalue weighted by Gasteiger charge is 2.37. The van der Waals surface area contributed by atoms with E-state index in [9.17, 15) is 23.5 Å². The van der Waals surface area contributed by atoms with E-state index >= 15 is 0 Å². The number of nitrogens with zero attached hydrogens (tertiary/aromatic N) is 3. The predicted molar refractivity (Wildman–Crippen MR) is 123 cm³/mol. The Hall–Kier alpha value is -3.35. The van der Waals surface area contributed by atoms with Crippen molar-refractivity contribution in [2.24, 2.45) is 5.92 Å². The number of nitrogens with one attached hydrogen (secondary N) is 1. The Morgan fingerprint density at radius 2 is 1.97 bits per heavy atom. The normalized spacial score (nSPS) is 18.2. The van der Waals surface area contributed by atoms with Gasteiger partial charge in [-0.2, -0.15) is 5.10 Å². The number of halogens is 2. The molecule has 1 aromatic heterocycles. The largest absolute Gasteiger partial charge is 0.453 e. The Morgan fingerprint density at radius 3 is 2.67 bits per heavy atom. The average Bonchev–Trinajstić information content (AvgIpc) is 3.45. The number of hydrogen-bond donors (Lipinski definition) is 3. The quantitative estimate of drug-likeness (QED) is 0.445. The number of carbonyl (C=O) groups is 2. The predicted octanol–water partition coefficient (Wildman–Crippen LogP) is 1.44. The molecule has 3 N–H and O–H groups in total. The molecule has 36 heavy (non-hydrogen) atoms. The molecule has 194 valence electrons. The molecule has 2 unspecified atom stereocenters. The molecule has 4 rings (SSSR count). The molecule has 1 fully saturated rings. The summed E-state index contributed by atoms with van der Waals surface area (Å²) in [7, 11) is 0. The van der Waals surface area contributed by atoms with Gasteiger partial charge >= 0.3 is 0 Å². The number of rotatable bonds is 10. The number of anilines is 1. The van der Waals surface area contributed by atoms with Gasteiger partial charge in [0.15, 0.2) is 23.2 Å². The monoisotopic (exact) mass is 506 g/mol. The molecular formula is C24H28F2N4O6. The second-order valence-corrected chi connectivity index (χ2v) is 8.79.